The Kier molecular flexibility index (Phi) is 1.61. The van der Waals surface area contributed by atoms with Crippen molar-refractivity contribution < 1.29 is 4.74 Å². The second-order valence-electron chi connectivity index (χ2n) is 3.43. The maximum atomic E-state index is 5.49. The van der Waals surface area contributed by atoms with E-state index in [1.54, 1.807) is 0 Å². The standard InChI is InChI=1S/C10H14O/c1-3-7-5-6-9-10(11-9)8(7)4-2/h3-4,7-10H,1-2,5-6H2. The summed E-state index contributed by atoms with van der Waals surface area (Å²) in [5.41, 5.74) is 0. The zero-order valence-electron chi connectivity index (χ0n) is 6.70. The molecule has 0 spiro atoms. The monoisotopic (exact) mass is 150 g/mol. The number of epoxide rings is 1. The highest BCUT2D eigenvalue weighted by Crippen LogP contribution is 2.44. The fourth-order valence-corrected chi connectivity index (χ4v) is 2.10. The largest absolute Gasteiger partial charge is 0.369 e. The predicted molar refractivity (Wildman–Crippen MR) is 45.3 cm³/mol. The number of ether oxygens (including phenoxy) is 1. The van der Waals surface area contributed by atoms with Crippen molar-refractivity contribution in [2.45, 2.75) is 25.0 Å². The summed E-state index contributed by atoms with van der Waals surface area (Å²) in [7, 11) is 0. The Labute approximate surface area is 67.7 Å². The second-order valence-corrected chi connectivity index (χ2v) is 3.43. The molecule has 1 aliphatic heterocycles. The molecule has 60 valence electrons. The van der Waals surface area contributed by atoms with Gasteiger partial charge < -0.3 is 4.74 Å². The molecule has 1 saturated heterocycles. The van der Waals surface area contributed by atoms with Gasteiger partial charge in [-0.3, -0.25) is 0 Å². The van der Waals surface area contributed by atoms with Crippen LogP contribution in [-0.4, -0.2) is 12.2 Å². The van der Waals surface area contributed by atoms with Gasteiger partial charge in [0, 0.05) is 5.92 Å². The van der Waals surface area contributed by atoms with Gasteiger partial charge in [-0.25, -0.2) is 0 Å². The van der Waals surface area contributed by atoms with Crippen LogP contribution in [0.15, 0.2) is 25.3 Å². The van der Waals surface area contributed by atoms with Crippen molar-refractivity contribution >= 4 is 0 Å². The fraction of sp³-hybridized carbons (Fsp3) is 0.600. The van der Waals surface area contributed by atoms with Crippen molar-refractivity contribution in [3.8, 4) is 0 Å². The van der Waals surface area contributed by atoms with Crippen LogP contribution in [0.2, 0.25) is 0 Å². The summed E-state index contributed by atoms with van der Waals surface area (Å²) in [6.07, 6.45) is 7.53. The Balaban J connectivity index is 2.09. The molecule has 4 atom stereocenters. The van der Waals surface area contributed by atoms with E-state index in [2.05, 4.69) is 13.2 Å². The van der Waals surface area contributed by atoms with Gasteiger partial charge >= 0.3 is 0 Å². The van der Waals surface area contributed by atoms with Gasteiger partial charge in [0.2, 0.25) is 0 Å². The average molecular weight is 150 g/mol. The molecule has 0 aromatic rings. The lowest BCUT2D eigenvalue weighted by atomic mass is 9.79. The molecule has 2 aliphatic rings. The number of allylic oxidation sites excluding steroid dienone is 1. The van der Waals surface area contributed by atoms with E-state index in [0.717, 1.165) is 0 Å². The topological polar surface area (TPSA) is 12.5 Å². The molecule has 1 saturated carbocycles. The molecule has 0 N–H and O–H groups in total. The highest BCUT2D eigenvalue weighted by Gasteiger charge is 2.48. The lowest BCUT2D eigenvalue weighted by Gasteiger charge is -2.22. The quantitative estimate of drug-likeness (QED) is 0.434. The van der Waals surface area contributed by atoms with Gasteiger partial charge in [-0.1, -0.05) is 12.2 Å². The van der Waals surface area contributed by atoms with E-state index in [-0.39, 0.29) is 0 Å². The second kappa shape index (κ2) is 2.49. The van der Waals surface area contributed by atoms with E-state index >= 15 is 0 Å². The summed E-state index contributed by atoms with van der Waals surface area (Å²) in [6, 6.07) is 0. The van der Waals surface area contributed by atoms with Crippen LogP contribution in [0.25, 0.3) is 0 Å². The first-order valence-corrected chi connectivity index (χ1v) is 4.27. The van der Waals surface area contributed by atoms with Crippen LogP contribution in [0.4, 0.5) is 0 Å². The maximum absolute atomic E-state index is 5.49. The Morgan fingerprint density at radius 2 is 2.00 bits per heavy atom. The van der Waals surface area contributed by atoms with Gasteiger partial charge in [-0.2, -0.15) is 0 Å². The van der Waals surface area contributed by atoms with E-state index in [0.29, 0.717) is 24.0 Å². The lowest BCUT2D eigenvalue weighted by molar-refractivity contribution is 0.328. The molecule has 2 fully saturated rings. The molecule has 1 nitrogen and oxygen atoms in total. The predicted octanol–water partition coefficient (Wildman–Crippen LogP) is 2.15. The summed E-state index contributed by atoms with van der Waals surface area (Å²) in [5, 5.41) is 0. The van der Waals surface area contributed by atoms with E-state index in [9.17, 15) is 0 Å². The third-order valence-electron chi connectivity index (χ3n) is 2.85. The van der Waals surface area contributed by atoms with Gasteiger partial charge in [-0.15, -0.1) is 13.2 Å². The molecule has 0 bridgehead atoms. The third-order valence-corrected chi connectivity index (χ3v) is 2.85. The van der Waals surface area contributed by atoms with Crippen LogP contribution in [0.3, 0.4) is 0 Å². The van der Waals surface area contributed by atoms with Gasteiger partial charge in [0.25, 0.3) is 0 Å². The smallest absolute Gasteiger partial charge is 0.0909 e. The molecule has 1 heteroatoms. The summed E-state index contributed by atoms with van der Waals surface area (Å²) >= 11 is 0. The maximum Gasteiger partial charge on any atom is 0.0909 e. The van der Waals surface area contributed by atoms with Crippen LogP contribution in [-0.2, 0) is 4.74 Å². The van der Waals surface area contributed by atoms with Crippen LogP contribution < -0.4 is 0 Å². The van der Waals surface area contributed by atoms with E-state index < -0.39 is 0 Å². The molecule has 11 heavy (non-hydrogen) atoms. The van der Waals surface area contributed by atoms with Crippen molar-refractivity contribution in [2.24, 2.45) is 11.8 Å². The summed E-state index contributed by atoms with van der Waals surface area (Å²) < 4.78 is 5.49. The molecule has 0 aromatic heterocycles. The highest BCUT2D eigenvalue weighted by molar-refractivity contribution is 5.08. The molecule has 0 aromatic carbocycles. The van der Waals surface area contributed by atoms with Gasteiger partial charge in [-0.05, 0) is 18.8 Å². The molecule has 0 radical (unpaired) electrons. The van der Waals surface area contributed by atoms with Crippen LogP contribution in [0, 0.1) is 11.8 Å². The Hall–Kier alpha value is -0.560. The van der Waals surface area contributed by atoms with Crippen LogP contribution in [0.1, 0.15) is 12.8 Å². The normalized spacial score (nSPS) is 47.6. The summed E-state index contributed by atoms with van der Waals surface area (Å²) in [5.74, 6) is 1.14. The minimum atomic E-state index is 0.476. The van der Waals surface area contributed by atoms with Gasteiger partial charge in [0.05, 0.1) is 12.2 Å². The Morgan fingerprint density at radius 1 is 1.18 bits per heavy atom. The molecule has 1 heterocycles. The average Bonchev–Trinajstić information content (AvgIpc) is 2.80. The number of hydrogen-bond donors (Lipinski definition) is 0. The van der Waals surface area contributed by atoms with Gasteiger partial charge in [0.15, 0.2) is 0 Å². The van der Waals surface area contributed by atoms with E-state index in [4.69, 9.17) is 4.74 Å². The molecular formula is C10H14O. The molecule has 4 unspecified atom stereocenters. The SMILES string of the molecule is C=CC1CCC2OC2C1C=C. The van der Waals surface area contributed by atoms with Gasteiger partial charge in [0.1, 0.15) is 0 Å². The third kappa shape index (κ3) is 1.04. The van der Waals surface area contributed by atoms with Crippen molar-refractivity contribution in [2.75, 3.05) is 0 Å². The Morgan fingerprint density at radius 3 is 2.64 bits per heavy atom. The number of fused-ring (bicyclic) bond motifs is 1. The summed E-state index contributed by atoms with van der Waals surface area (Å²) in [6.45, 7) is 7.66. The minimum absolute atomic E-state index is 0.476. The highest BCUT2D eigenvalue weighted by atomic mass is 16.6. The minimum Gasteiger partial charge on any atom is -0.369 e. The number of hydrogen-bond acceptors (Lipinski definition) is 1. The molecular weight excluding hydrogens is 136 g/mol. The lowest BCUT2D eigenvalue weighted by Crippen LogP contribution is -2.23. The first kappa shape index (κ1) is 7.11. The summed E-state index contributed by atoms with van der Waals surface area (Å²) in [4.78, 5) is 0. The first-order chi connectivity index (χ1) is 5.36. The molecule has 2 rings (SSSR count). The van der Waals surface area contributed by atoms with Crippen LogP contribution in [0.5, 0.6) is 0 Å². The zero-order chi connectivity index (χ0) is 7.84. The van der Waals surface area contributed by atoms with E-state index in [1.165, 1.54) is 12.8 Å². The van der Waals surface area contributed by atoms with Crippen molar-refractivity contribution in [3.63, 3.8) is 0 Å². The zero-order valence-corrected chi connectivity index (χ0v) is 6.70. The van der Waals surface area contributed by atoms with Crippen molar-refractivity contribution in [3.05, 3.63) is 25.3 Å². The fourth-order valence-electron chi connectivity index (χ4n) is 2.10. The van der Waals surface area contributed by atoms with Crippen LogP contribution >= 0.6 is 0 Å². The molecule has 0 amide bonds. The van der Waals surface area contributed by atoms with Crippen molar-refractivity contribution in [1.82, 2.24) is 0 Å². The Bertz CT molecular complexity index is 185. The van der Waals surface area contributed by atoms with E-state index in [1.807, 2.05) is 12.2 Å². The molecule has 1 aliphatic carbocycles. The number of rotatable bonds is 2. The first-order valence-electron chi connectivity index (χ1n) is 4.27. The van der Waals surface area contributed by atoms with Crippen molar-refractivity contribution in [1.29, 1.82) is 0 Å².